The molecule has 1 amide bonds. The van der Waals surface area contributed by atoms with Gasteiger partial charge in [-0.2, -0.15) is 0 Å². The standard InChI is InChI=1S/C18H20N2O4S/c1-24-14(18(22)23)10-19-16(21)11-6-2-3-7-12(11)17-20-13-8-4-5-9-15(13)25-17/h2-5,8-9,11-12,14H,6-7,10H2,1H3,(H,19,21)(H,22,23). The first kappa shape index (κ1) is 17.6. The van der Waals surface area contributed by atoms with Gasteiger partial charge in [-0.3, -0.25) is 4.79 Å². The Labute approximate surface area is 149 Å². The number of hydrogen-bond donors (Lipinski definition) is 2. The van der Waals surface area contributed by atoms with Crippen molar-refractivity contribution in [3.63, 3.8) is 0 Å². The number of aliphatic carboxylic acids is 1. The Kier molecular flexibility index (Phi) is 5.45. The van der Waals surface area contributed by atoms with Crippen molar-refractivity contribution in [2.45, 2.75) is 24.9 Å². The first-order valence-corrected chi connectivity index (χ1v) is 8.95. The van der Waals surface area contributed by atoms with E-state index in [-0.39, 0.29) is 24.3 Å². The Morgan fingerprint density at radius 2 is 2.12 bits per heavy atom. The molecule has 2 aromatic rings. The highest BCUT2D eigenvalue weighted by atomic mass is 32.1. The van der Waals surface area contributed by atoms with Crippen LogP contribution in [0.4, 0.5) is 0 Å². The molecule has 0 saturated heterocycles. The molecule has 1 aliphatic rings. The first-order chi connectivity index (χ1) is 12.1. The van der Waals surface area contributed by atoms with Gasteiger partial charge in [-0.1, -0.05) is 24.3 Å². The molecule has 3 atom stereocenters. The number of carboxylic acids is 1. The number of ether oxygens (including phenoxy) is 1. The van der Waals surface area contributed by atoms with Gasteiger partial charge >= 0.3 is 5.97 Å². The van der Waals surface area contributed by atoms with Crippen molar-refractivity contribution >= 4 is 33.4 Å². The zero-order valence-electron chi connectivity index (χ0n) is 13.8. The van der Waals surface area contributed by atoms with E-state index in [2.05, 4.69) is 11.4 Å². The summed E-state index contributed by atoms with van der Waals surface area (Å²) in [7, 11) is 1.32. The summed E-state index contributed by atoms with van der Waals surface area (Å²) in [6.45, 7) is -0.0442. The number of methoxy groups -OCH3 is 1. The maximum Gasteiger partial charge on any atom is 0.334 e. The van der Waals surface area contributed by atoms with E-state index in [0.29, 0.717) is 6.42 Å². The van der Waals surface area contributed by atoms with Crippen LogP contribution in [0.25, 0.3) is 10.2 Å². The predicted molar refractivity (Wildman–Crippen MR) is 95.7 cm³/mol. The van der Waals surface area contributed by atoms with Crippen LogP contribution in [-0.2, 0) is 14.3 Å². The number of carbonyl (C=O) groups is 2. The van der Waals surface area contributed by atoms with Crippen LogP contribution in [0.1, 0.15) is 23.8 Å². The molecule has 25 heavy (non-hydrogen) atoms. The normalized spacial score (nSPS) is 21.2. The lowest BCUT2D eigenvalue weighted by Crippen LogP contribution is -2.42. The van der Waals surface area contributed by atoms with Gasteiger partial charge in [0, 0.05) is 13.0 Å². The number of rotatable bonds is 6. The van der Waals surface area contributed by atoms with Crippen molar-refractivity contribution in [3.8, 4) is 0 Å². The molecular weight excluding hydrogens is 340 g/mol. The predicted octanol–water partition coefficient (Wildman–Crippen LogP) is 2.56. The van der Waals surface area contributed by atoms with Gasteiger partial charge in [0.15, 0.2) is 6.10 Å². The number of allylic oxidation sites excluding steroid dienone is 2. The number of fused-ring (bicyclic) bond motifs is 1. The molecule has 0 spiro atoms. The Bertz CT molecular complexity index is 768. The number of nitrogens with one attached hydrogen (secondary N) is 1. The van der Waals surface area contributed by atoms with Crippen molar-refractivity contribution in [3.05, 3.63) is 41.4 Å². The summed E-state index contributed by atoms with van der Waals surface area (Å²) in [6, 6.07) is 7.93. The van der Waals surface area contributed by atoms with Gasteiger partial charge in [-0.15, -0.1) is 11.3 Å². The highest BCUT2D eigenvalue weighted by Crippen LogP contribution is 2.38. The smallest absolute Gasteiger partial charge is 0.334 e. The third-order valence-electron chi connectivity index (χ3n) is 4.42. The number of thiazole rings is 1. The van der Waals surface area contributed by atoms with E-state index < -0.39 is 12.1 Å². The molecule has 0 radical (unpaired) electrons. The lowest BCUT2D eigenvalue weighted by Gasteiger charge is -2.26. The van der Waals surface area contributed by atoms with E-state index in [1.165, 1.54) is 7.11 Å². The Hall–Kier alpha value is -2.25. The molecule has 1 aliphatic carbocycles. The number of amides is 1. The maximum absolute atomic E-state index is 12.6. The highest BCUT2D eigenvalue weighted by molar-refractivity contribution is 7.18. The summed E-state index contributed by atoms with van der Waals surface area (Å²) < 4.78 is 5.97. The molecule has 2 N–H and O–H groups in total. The molecule has 1 aromatic heterocycles. The molecule has 3 unspecified atom stereocenters. The molecular formula is C18H20N2O4S. The first-order valence-electron chi connectivity index (χ1n) is 8.14. The number of hydrogen-bond acceptors (Lipinski definition) is 5. The number of carbonyl (C=O) groups excluding carboxylic acids is 1. The van der Waals surface area contributed by atoms with E-state index >= 15 is 0 Å². The van der Waals surface area contributed by atoms with Crippen molar-refractivity contribution in [1.82, 2.24) is 10.3 Å². The van der Waals surface area contributed by atoms with E-state index in [0.717, 1.165) is 21.6 Å². The lowest BCUT2D eigenvalue weighted by atomic mass is 9.82. The lowest BCUT2D eigenvalue weighted by molar-refractivity contribution is -0.148. The van der Waals surface area contributed by atoms with Gasteiger partial charge < -0.3 is 15.2 Å². The number of para-hydroxylation sites is 1. The van der Waals surface area contributed by atoms with Gasteiger partial charge in [-0.05, 0) is 25.0 Å². The van der Waals surface area contributed by atoms with E-state index in [9.17, 15) is 9.59 Å². The molecule has 0 saturated carbocycles. The van der Waals surface area contributed by atoms with Gasteiger partial charge in [0.05, 0.1) is 27.7 Å². The van der Waals surface area contributed by atoms with Crippen LogP contribution < -0.4 is 5.32 Å². The van der Waals surface area contributed by atoms with Crippen LogP contribution in [0.5, 0.6) is 0 Å². The SMILES string of the molecule is COC(CNC(=O)C1CC=CCC1c1nc2ccccc2s1)C(=O)O. The Balaban J connectivity index is 1.75. The van der Waals surface area contributed by atoms with Crippen molar-refractivity contribution < 1.29 is 19.4 Å². The second-order valence-electron chi connectivity index (χ2n) is 5.98. The van der Waals surface area contributed by atoms with Crippen molar-refractivity contribution in [2.75, 3.05) is 13.7 Å². The fourth-order valence-electron chi connectivity index (χ4n) is 3.02. The molecule has 1 aromatic carbocycles. The largest absolute Gasteiger partial charge is 0.479 e. The monoisotopic (exact) mass is 360 g/mol. The fourth-order valence-corrected chi connectivity index (χ4v) is 4.17. The molecule has 7 heteroatoms. The molecule has 0 aliphatic heterocycles. The van der Waals surface area contributed by atoms with E-state index in [4.69, 9.17) is 14.8 Å². The second kappa shape index (κ2) is 7.76. The van der Waals surface area contributed by atoms with Gasteiger partial charge in [0.25, 0.3) is 0 Å². The summed E-state index contributed by atoms with van der Waals surface area (Å²) in [5, 5.41) is 12.7. The fraction of sp³-hybridized carbons (Fsp3) is 0.389. The summed E-state index contributed by atoms with van der Waals surface area (Å²) in [6.07, 6.45) is 4.42. The average molecular weight is 360 g/mol. The summed E-state index contributed by atoms with van der Waals surface area (Å²) in [5.74, 6) is -1.49. The Morgan fingerprint density at radius 1 is 1.36 bits per heavy atom. The zero-order valence-corrected chi connectivity index (χ0v) is 14.7. The maximum atomic E-state index is 12.6. The third kappa shape index (κ3) is 3.88. The summed E-state index contributed by atoms with van der Waals surface area (Å²) in [5.41, 5.74) is 0.946. The Morgan fingerprint density at radius 3 is 2.84 bits per heavy atom. The molecule has 132 valence electrons. The molecule has 3 rings (SSSR count). The van der Waals surface area contributed by atoms with E-state index in [1.54, 1.807) is 11.3 Å². The zero-order chi connectivity index (χ0) is 17.8. The van der Waals surface area contributed by atoms with Crippen LogP contribution >= 0.6 is 11.3 Å². The van der Waals surface area contributed by atoms with E-state index in [1.807, 2.05) is 30.3 Å². The minimum absolute atomic E-state index is 0.00761. The van der Waals surface area contributed by atoms with Crippen molar-refractivity contribution in [1.29, 1.82) is 0 Å². The molecule has 6 nitrogen and oxygen atoms in total. The number of nitrogens with zero attached hydrogens (tertiary/aromatic N) is 1. The van der Waals surface area contributed by atoms with Gasteiger partial charge in [0.2, 0.25) is 5.91 Å². The quantitative estimate of drug-likeness (QED) is 0.773. The van der Waals surface area contributed by atoms with Crippen LogP contribution in [0.2, 0.25) is 0 Å². The highest BCUT2D eigenvalue weighted by Gasteiger charge is 2.32. The van der Waals surface area contributed by atoms with Gasteiger partial charge in [0.1, 0.15) is 0 Å². The number of aromatic nitrogens is 1. The minimum Gasteiger partial charge on any atom is -0.479 e. The van der Waals surface area contributed by atoms with Gasteiger partial charge in [-0.25, -0.2) is 9.78 Å². The average Bonchev–Trinajstić information content (AvgIpc) is 3.05. The third-order valence-corrected chi connectivity index (χ3v) is 5.59. The van der Waals surface area contributed by atoms with Crippen LogP contribution in [0.15, 0.2) is 36.4 Å². The van der Waals surface area contributed by atoms with Crippen LogP contribution in [0.3, 0.4) is 0 Å². The number of carboxylic acid groups (broad SMARTS) is 1. The summed E-state index contributed by atoms with van der Waals surface area (Å²) >= 11 is 1.61. The van der Waals surface area contributed by atoms with Crippen LogP contribution in [-0.4, -0.2) is 41.7 Å². The topological polar surface area (TPSA) is 88.5 Å². The number of benzene rings is 1. The minimum atomic E-state index is -1.09. The second-order valence-corrected chi connectivity index (χ2v) is 7.05. The molecule has 0 bridgehead atoms. The van der Waals surface area contributed by atoms with Crippen LogP contribution in [0, 0.1) is 5.92 Å². The molecule has 1 heterocycles. The molecule has 0 fully saturated rings. The summed E-state index contributed by atoms with van der Waals surface area (Å²) in [4.78, 5) is 28.3. The van der Waals surface area contributed by atoms with Crippen molar-refractivity contribution in [2.24, 2.45) is 5.92 Å².